The van der Waals surface area contributed by atoms with E-state index in [0.29, 0.717) is 40.5 Å². The number of nitrogens with one attached hydrogen (secondary N) is 1. The molecule has 0 aliphatic carbocycles. The molecule has 5 rings (SSSR count). The minimum Gasteiger partial charge on any atom is -0.497 e. The van der Waals surface area contributed by atoms with Crippen LogP contribution in [0.25, 0.3) is 16.9 Å². The summed E-state index contributed by atoms with van der Waals surface area (Å²) >= 11 is 0. The zero-order chi connectivity index (χ0) is 22.8. The van der Waals surface area contributed by atoms with Crippen LogP contribution in [0.5, 0.6) is 5.75 Å². The maximum atomic E-state index is 13.3. The predicted molar refractivity (Wildman–Crippen MR) is 124 cm³/mol. The molecule has 0 bridgehead atoms. The van der Waals surface area contributed by atoms with E-state index < -0.39 is 0 Å². The molecule has 1 saturated heterocycles. The number of methoxy groups -OCH3 is 1. The summed E-state index contributed by atoms with van der Waals surface area (Å²) in [5, 5.41) is 7.43. The lowest BCUT2D eigenvalue weighted by atomic mass is 10.1. The van der Waals surface area contributed by atoms with Crippen molar-refractivity contribution in [2.24, 2.45) is 0 Å². The number of rotatable bonds is 6. The minimum atomic E-state index is -0.354. The molecule has 2 aromatic carbocycles. The first-order valence-corrected chi connectivity index (χ1v) is 10.9. The quantitative estimate of drug-likeness (QED) is 0.491. The standard InChI is InChI=1S/C25H24N4O4/c1-32-19-10-5-7-17(13-19)26-24(30)21-15-28(14-20-11-6-12-33-20)16-22-23(21)27-29(25(22)31)18-8-3-2-4-9-18/h2-5,7-10,13,15-16,20H,6,11-12,14H2,1H3,(H,26,30)/t20-/m1/s1. The van der Waals surface area contributed by atoms with Crippen LogP contribution < -0.4 is 15.6 Å². The lowest BCUT2D eigenvalue weighted by Crippen LogP contribution is -2.20. The Labute approximate surface area is 190 Å². The number of para-hydroxylation sites is 1. The van der Waals surface area contributed by atoms with Crippen molar-refractivity contribution in [2.75, 3.05) is 19.0 Å². The van der Waals surface area contributed by atoms with Gasteiger partial charge in [0.15, 0.2) is 0 Å². The Hall–Kier alpha value is -3.91. The monoisotopic (exact) mass is 444 g/mol. The number of aromatic nitrogens is 3. The van der Waals surface area contributed by atoms with Crippen LogP contribution in [-0.2, 0) is 11.3 Å². The Morgan fingerprint density at radius 2 is 2.03 bits per heavy atom. The van der Waals surface area contributed by atoms with E-state index in [1.165, 1.54) is 4.68 Å². The summed E-state index contributed by atoms with van der Waals surface area (Å²) in [5.41, 5.74) is 2.02. The van der Waals surface area contributed by atoms with Crippen LogP contribution in [-0.4, -0.2) is 40.1 Å². The number of anilines is 1. The first-order valence-electron chi connectivity index (χ1n) is 10.9. The van der Waals surface area contributed by atoms with E-state index in [1.54, 1.807) is 43.8 Å². The van der Waals surface area contributed by atoms with Gasteiger partial charge in [0.2, 0.25) is 0 Å². The van der Waals surface area contributed by atoms with E-state index in [2.05, 4.69) is 10.4 Å². The number of amides is 1. The summed E-state index contributed by atoms with van der Waals surface area (Å²) in [4.78, 5) is 26.6. The zero-order valence-corrected chi connectivity index (χ0v) is 18.2. The van der Waals surface area contributed by atoms with E-state index >= 15 is 0 Å². The average Bonchev–Trinajstić information content (AvgIpc) is 3.47. The van der Waals surface area contributed by atoms with Gasteiger partial charge >= 0.3 is 0 Å². The van der Waals surface area contributed by atoms with Gasteiger partial charge in [0.1, 0.15) is 11.4 Å². The highest BCUT2D eigenvalue weighted by Gasteiger charge is 2.26. The van der Waals surface area contributed by atoms with Crippen LogP contribution in [0.2, 0.25) is 0 Å². The van der Waals surface area contributed by atoms with E-state index in [9.17, 15) is 9.59 Å². The van der Waals surface area contributed by atoms with Gasteiger partial charge < -0.3 is 19.4 Å². The summed E-state index contributed by atoms with van der Waals surface area (Å²) in [6, 6.07) is 16.3. The average molecular weight is 444 g/mol. The topological polar surface area (TPSA) is 87.4 Å². The first kappa shape index (κ1) is 21.0. The Bertz CT molecular complexity index is 1310. The first-order chi connectivity index (χ1) is 16.1. The second-order valence-corrected chi connectivity index (χ2v) is 8.00. The summed E-state index contributed by atoms with van der Waals surface area (Å²) in [6.07, 6.45) is 5.51. The second-order valence-electron chi connectivity index (χ2n) is 8.00. The number of carbonyl (C=O) groups excluding carboxylic acids is 1. The molecule has 2 aromatic rings. The van der Waals surface area contributed by atoms with E-state index in [4.69, 9.17) is 9.47 Å². The maximum Gasteiger partial charge on any atom is 0.282 e. The van der Waals surface area contributed by atoms with Crippen LogP contribution in [0, 0.1) is 0 Å². The van der Waals surface area contributed by atoms with Crippen molar-refractivity contribution in [1.82, 2.24) is 14.3 Å². The number of nitrogens with zero attached hydrogens (tertiary/aromatic N) is 3. The number of pyridine rings is 1. The molecule has 0 radical (unpaired) electrons. The number of hydrogen-bond donors (Lipinski definition) is 1. The van der Waals surface area contributed by atoms with Crippen molar-refractivity contribution in [3.63, 3.8) is 0 Å². The summed E-state index contributed by atoms with van der Waals surface area (Å²) < 4.78 is 14.2. The lowest BCUT2D eigenvalue weighted by molar-refractivity contribution is 0.0961. The van der Waals surface area contributed by atoms with Crippen molar-refractivity contribution in [1.29, 1.82) is 0 Å². The molecule has 8 heteroatoms. The van der Waals surface area contributed by atoms with Gasteiger partial charge in [0, 0.05) is 37.3 Å². The van der Waals surface area contributed by atoms with Crippen LogP contribution in [0.4, 0.5) is 5.69 Å². The fourth-order valence-electron chi connectivity index (χ4n) is 4.10. The van der Waals surface area contributed by atoms with Gasteiger partial charge in [0.05, 0.1) is 30.0 Å². The van der Waals surface area contributed by atoms with E-state index in [-0.39, 0.29) is 17.6 Å². The molecule has 33 heavy (non-hydrogen) atoms. The van der Waals surface area contributed by atoms with Gasteiger partial charge in [-0.3, -0.25) is 9.59 Å². The number of carbonyl (C=O) groups is 1. The number of hydrogen-bond acceptors (Lipinski definition) is 5. The van der Waals surface area contributed by atoms with Gasteiger partial charge in [-0.25, -0.2) is 0 Å². The highest BCUT2D eigenvalue weighted by molar-refractivity contribution is 6.08. The Morgan fingerprint density at radius 1 is 1.18 bits per heavy atom. The van der Waals surface area contributed by atoms with Crippen molar-refractivity contribution in [2.45, 2.75) is 25.5 Å². The molecule has 8 nitrogen and oxygen atoms in total. The molecular formula is C25H24N4O4. The second kappa shape index (κ2) is 8.91. The van der Waals surface area contributed by atoms with Crippen LogP contribution in [0.3, 0.4) is 0 Å². The molecular weight excluding hydrogens is 420 g/mol. The highest BCUT2D eigenvalue weighted by atomic mass is 16.5. The SMILES string of the molecule is COc1cccc(NC(=O)c2cn(C[C@H]3CCCO3)cc3c(=O)n(-c4ccccc4)nc2-3)c1. The molecule has 0 spiro atoms. The van der Waals surface area contributed by atoms with Gasteiger partial charge in [-0.05, 0) is 37.1 Å². The molecule has 3 aliphatic rings. The lowest BCUT2D eigenvalue weighted by Gasteiger charge is -2.16. The molecule has 1 amide bonds. The smallest absolute Gasteiger partial charge is 0.282 e. The van der Waals surface area contributed by atoms with Gasteiger partial charge in [-0.2, -0.15) is 9.78 Å². The molecule has 3 aliphatic heterocycles. The molecule has 1 fully saturated rings. The number of benzene rings is 2. The fraction of sp³-hybridized carbons (Fsp3) is 0.240. The van der Waals surface area contributed by atoms with Gasteiger partial charge in [-0.15, -0.1) is 0 Å². The Morgan fingerprint density at radius 3 is 2.79 bits per heavy atom. The zero-order valence-electron chi connectivity index (χ0n) is 18.2. The third kappa shape index (κ3) is 4.25. The third-order valence-electron chi connectivity index (χ3n) is 5.73. The van der Waals surface area contributed by atoms with Crippen molar-refractivity contribution >= 4 is 11.6 Å². The molecule has 168 valence electrons. The number of ether oxygens (including phenoxy) is 2. The maximum absolute atomic E-state index is 13.3. The Balaban J connectivity index is 1.58. The summed E-state index contributed by atoms with van der Waals surface area (Å²) in [5.74, 6) is 0.280. The van der Waals surface area contributed by atoms with Crippen molar-refractivity contribution < 1.29 is 14.3 Å². The fourth-order valence-corrected chi connectivity index (χ4v) is 4.10. The van der Waals surface area contributed by atoms with Crippen LogP contribution in [0.15, 0.2) is 71.8 Å². The van der Waals surface area contributed by atoms with Crippen LogP contribution >= 0.6 is 0 Å². The summed E-state index contributed by atoms with van der Waals surface area (Å²) in [6.45, 7) is 1.29. The molecule has 0 aromatic heterocycles. The highest BCUT2D eigenvalue weighted by Crippen LogP contribution is 2.25. The van der Waals surface area contributed by atoms with Gasteiger partial charge in [0.25, 0.3) is 11.5 Å². The van der Waals surface area contributed by atoms with Crippen molar-refractivity contribution in [3.8, 4) is 22.7 Å². The summed E-state index contributed by atoms with van der Waals surface area (Å²) in [7, 11) is 1.57. The van der Waals surface area contributed by atoms with Crippen LogP contribution in [0.1, 0.15) is 23.2 Å². The molecule has 0 unspecified atom stereocenters. The number of fused-ring (bicyclic) bond motifs is 1. The predicted octanol–water partition coefficient (Wildman–Crippen LogP) is 3.58. The van der Waals surface area contributed by atoms with E-state index in [0.717, 1.165) is 19.4 Å². The normalized spacial score (nSPS) is 15.6. The van der Waals surface area contributed by atoms with E-state index in [1.807, 2.05) is 34.9 Å². The largest absolute Gasteiger partial charge is 0.497 e. The third-order valence-corrected chi connectivity index (χ3v) is 5.73. The van der Waals surface area contributed by atoms with Gasteiger partial charge in [-0.1, -0.05) is 24.3 Å². The molecule has 1 atom stereocenters. The van der Waals surface area contributed by atoms with Crippen molar-refractivity contribution in [3.05, 3.63) is 82.9 Å². The Kier molecular flexibility index (Phi) is 5.66. The molecule has 0 saturated carbocycles. The minimum absolute atomic E-state index is 0.0565. The molecule has 3 heterocycles. The molecule has 1 N–H and O–H groups in total.